The molecule has 0 spiro atoms. The minimum atomic E-state index is -0.907. The summed E-state index contributed by atoms with van der Waals surface area (Å²) in [5.41, 5.74) is 0.727. The molecule has 2 amide bonds. The Balaban J connectivity index is 0.000000655. The second-order valence-electron chi connectivity index (χ2n) is 5.61. The molecule has 3 N–H and O–H groups in total. The third-order valence-electron chi connectivity index (χ3n) is 3.35. The molecule has 1 heterocycles. The maximum atomic E-state index is 11.8. The zero-order chi connectivity index (χ0) is 17.2. The maximum absolute atomic E-state index is 11.8. The lowest BCUT2D eigenvalue weighted by Gasteiger charge is -2.25. The predicted octanol–water partition coefficient (Wildman–Crippen LogP) is 2.46. The number of halogens is 1. The van der Waals surface area contributed by atoms with Gasteiger partial charge in [-0.25, -0.2) is 4.79 Å². The molecule has 1 aromatic rings. The van der Waals surface area contributed by atoms with E-state index in [0.29, 0.717) is 6.54 Å². The van der Waals surface area contributed by atoms with Gasteiger partial charge in [0.05, 0.1) is 6.54 Å². The number of carbonyl (C=O) groups is 2. The highest BCUT2D eigenvalue weighted by atomic mass is 35.5. The van der Waals surface area contributed by atoms with Crippen LogP contribution < -0.4 is 5.32 Å². The summed E-state index contributed by atoms with van der Waals surface area (Å²) in [6.45, 7) is 2.49. The van der Waals surface area contributed by atoms with Crippen molar-refractivity contribution in [3.8, 4) is 5.75 Å². The van der Waals surface area contributed by atoms with Gasteiger partial charge in [0.1, 0.15) is 5.75 Å². The number of anilines is 1. The van der Waals surface area contributed by atoms with E-state index < -0.39 is 6.09 Å². The van der Waals surface area contributed by atoms with Crippen molar-refractivity contribution in [1.29, 1.82) is 0 Å². The van der Waals surface area contributed by atoms with Crippen molar-refractivity contribution in [2.75, 3.05) is 39.0 Å². The van der Waals surface area contributed by atoms with E-state index in [1.807, 2.05) is 0 Å². The van der Waals surface area contributed by atoms with E-state index in [2.05, 4.69) is 10.2 Å². The van der Waals surface area contributed by atoms with Crippen molar-refractivity contribution >= 4 is 30.1 Å². The van der Waals surface area contributed by atoms with Crippen LogP contribution in [0, 0.1) is 0 Å². The summed E-state index contributed by atoms with van der Waals surface area (Å²) in [6, 6.07) is 6.53. The van der Waals surface area contributed by atoms with Crippen LogP contribution >= 0.6 is 12.4 Å². The van der Waals surface area contributed by atoms with Crippen molar-refractivity contribution < 1.29 is 19.8 Å². The summed E-state index contributed by atoms with van der Waals surface area (Å²) < 4.78 is 0. The van der Waals surface area contributed by atoms with Crippen molar-refractivity contribution in [2.24, 2.45) is 0 Å². The molecule has 0 saturated carbocycles. The van der Waals surface area contributed by atoms with Crippen LogP contribution in [0.4, 0.5) is 10.5 Å². The average Bonchev–Trinajstić information content (AvgIpc) is 2.51. The summed E-state index contributed by atoms with van der Waals surface area (Å²) in [7, 11) is 2.95. The fourth-order valence-corrected chi connectivity index (χ4v) is 2.07. The molecule has 7 nitrogen and oxygen atoms in total. The molecule has 2 rings (SSSR count). The SMILES string of the molecule is CN(C)C(=O)O.Cl.O=C(CN1CCCCC1)Nc1ccc(O)cc1. The van der Waals surface area contributed by atoms with Gasteiger partial charge in [-0.1, -0.05) is 6.42 Å². The van der Waals surface area contributed by atoms with E-state index >= 15 is 0 Å². The number of phenolic OH excluding ortho intramolecular Hbond substituents is 1. The Morgan fingerprint density at radius 1 is 1.12 bits per heavy atom. The Hall–Kier alpha value is -1.99. The van der Waals surface area contributed by atoms with E-state index in [4.69, 9.17) is 10.2 Å². The first-order chi connectivity index (χ1) is 10.9. The number of nitrogens with one attached hydrogen (secondary N) is 1. The number of hydrogen-bond acceptors (Lipinski definition) is 4. The Kier molecular flexibility index (Phi) is 10.6. The molecule has 1 aliphatic heterocycles. The van der Waals surface area contributed by atoms with Crippen LogP contribution in [0.15, 0.2) is 24.3 Å². The standard InChI is InChI=1S/C13H18N2O2.C3H7NO2.ClH/c16-12-6-4-11(5-7-12)14-13(17)10-15-8-2-1-3-9-15;1-4(2)3(5)6;/h4-7,16H,1-3,8-10H2,(H,14,17);1-2H3,(H,5,6);1H. The van der Waals surface area contributed by atoms with Crippen LogP contribution in [-0.2, 0) is 4.79 Å². The predicted molar refractivity (Wildman–Crippen MR) is 96.0 cm³/mol. The number of phenols is 1. The molecule has 0 unspecified atom stereocenters. The minimum absolute atomic E-state index is 0. The van der Waals surface area contributed by atoms with E-state index in [0.717, 1.165) is 23.7 Å². The second-order valence-corrected chi connectivity index (χ2v) is 5.61. The van der Waals surface area contributed by atoms with Crippen molar-refractivity contribution in [1.82, 2.24) is 9.80 Å². The van der Waals surface area contributed by atoms with Gasteiger partial charge in [0.15, 0.2) is 0 Å². The zero-order valence-corrected chi connectivity index (χ0v) is 14.9. The van der Waals surface area contributed by atoms with Gasteiger partial charge in [-0.3, -0.25) is 9.69 Å². The summed E-state index contributed by atoms with van der Waals surface area (Å²) in [5.74, 6) is 0.219. The first kappa shape index (κ1) is 22.0. The number of rotatable bonds is 3. The van der Waals surface area contributed by atoms with Gasteiger partial charge in [-0.05, 0) is 50.2 Å². The lowest BCUT2D eigenvalue weighted by atomic mass is 10.1. The number of likely N-dealkylation sites (tertiary alicyclic amines) is 1. The third kappa shape index (κ3) is 9.22. The van der Waals surface area contributed by atoms with Crippen LogP contribution in [0.5, 0.6) is 5.75 Å². The molecular formula is C16H26ClN3O4. The van der Waals surface area contributed by atoms with Crippen molar-refractivity contribution in [3.63, 3.8) is 0 Å². The highest BCUT2D eigenvalue weighted by Gasteiger charge is 2.13. The van der Waals surface area contributed by atoms with Gasteiger partial charge in [-0.2, -0.15) is 0 Å². The maximum Gasteiger partial charge on any atom is 0.406 e. The van der Waals surface area contributed by atoms with Gasteiger partial charge in [0.25, 0.3) is 0 Å². The summed E-state index contributed by atoms with van der Waals surface area (Å²) in [5, 5.41) is 19.9. The molecule has 0 bridgehead atoms. The third-order valence-corrected chi connectivity index (χ3v) is 3.35. The topological polar surface area (TPSA) is 93.1 Å². The molecule has 1 aliphatic rings. The first-order valence-corrected chi connectivity index (χ1v) is 7.60. The number of carbonyl (C=O) groups excluding carboxylic acids is 1. The fourth-order valence-electron chi connectivity index (χ4n) is 2.07. The highest BCUT2D eigenvalue weighted by molar-refractivity contribution is 5.92. The molecule has 0 aliphatic carbocycles. The first-order valence-electron chi connectivity index (χ1n) is 7.60. The summed E-state index contributed by atoms with van der Waals surface area (Å²) in [4.78, 5) is 24.6. The number of amides is 2. The van der Waals surface area contributed by atoms with Crippen molar-refractivity contribution in [2.45, 2.75) is 19.3 Å². The van der Waals surface area contributed by atoms with E-state index in [9.17, 15) is 9.59 Å². The molecule has 8 heteroatoms. The quantitative estimate of drug-likeness (QED) is 0.721. The van der Waals surface area contributed by atoms with Crippen LogP contribution in [0.1, 0.15) is 19.3 Å². The van der Waals surface area contributed by atoms with Crippen LogP contribution in [0.3, 0.4) is 0 Å². The van der Waals surface area contributed by atoms with E-state index in [1.54, 1.807) is 24.3 Å². The number of benzene rings is 1. The number of aromatic hydroxyl groups is 1. The molecule has 24 heavy (non-hydrogen) atoms. The second kappa shape index (κ2) is 11.5. The Bertz CT molecular complexity index is 503. The van der Waals surface area contributed by atoms with Gasteiger partial charge < -0.3 is 20.4 Å². The van der Waals surface area contributed by atoms with Gasteiger partial charge in [0, 0.05) is 19.8 Å². The van der Waals surface area contributed by atoms with E-state index in [-0.39, 0.29) is 24.1 Å². The number of hydrogen-bond donors (Lipinski definition) is 3. The molecule has 136 valence electrons. The lowest BCUT2D eigenvalue weighted by molar-refractivity contribution is -0.117. The largest absolute Gasteiger partial charge is 0.508 e. The smallest absolute Gasteiger partial charge is 0.406 e. The number of carboxylic acid groups (broad SMARTS) is 1. The Labute approximate surface area is 148 Å². The molecule has 0 aromatic heterocycles. The molecular weight excluding hydrogens is 334 g/mol. The van der Waals surface area contributed by atoms with Crippen LogP contribution in [0.2, 0.25) is 0 Å². The number of nitrogens with zero attached hydrogens (tertiary/aromatic N) is 2. The average molecular weight is 360 g/mol. The molecule has 1 aromatic carbocycles. The Morgan fingerprint density at radius 2 is 1.62 bits per heavy atom. The van der Waals surface area contributed by atoms with Crippen molar-refractivity contribution in [3.05, 3.63) is 24.3 Å². The van der Waals surface area contributed by atoms with E-state index in [1.165, 1.54) is 33.4 Å². The fraction of sp³-hybridized carbons (Fsp3) is 0.500. The van der Waals surface area contributed by atoms with Gasteiger partial charge in [0.2, 0.25) is 5.91 Å². The minimum Gasteiger partial charge on any atom is -0.508 e. The normalized spacial score (nSPS) is 13.8. The number of piperidine rings is 1. The van der Waals surface area contributed by atoms with Crippen LogP contribution in [0.25, 0.3) is 0 Å². The lowest BCUT2D eigenvalue weighted by Crippen LogP contribution is -2.36. The zero-order valence-electron chi connectivity index (χ0n) is 14.1. The molecule has 0 radical (unpaired) electrons. The van der Waals surface area contributed by atoms with Gasteiger partial charge >= 0.3 is 6.09 Å². The highest BCUT2D eigenvalue weighted by Crippen LogP contribution is 2.14. The summed E-state index contributed by atoms with van der Waals surface area (Å²) >= 11 is 0. The van der Waals surface area contributed by atoms with Crippen LogP contribution in [-0.4, -0.2) is 65.7 Å². The van der Waals surface area contributed by atoms with Gasteiger partial charge in [-0.15, -0.1) is 12.4 Å². The molecule has 0 atom stereocenters. The monoisotopic (exact) mass is 359 g/mol. The molecule has 1 saturated heterocycles. The summed E-state index contributed by atoms with van der Waals surface area (Å²) in [6.07, 6.45) is 2.74. The Morgan fingerprint density at radius 3 is 2.08 bits per heavy atom. The molecule has 1 fully saturated rings.